The average molecular weight is 283 g/mol. The van der Waals surface area contributed by atoms with Crippen LogP contribution in [-0.2, 0) is 4.79 Å². The van der Waals surface area contributed by atoms with Crippen LogP contribution in [0.4, 0.5) is 8.78 Å². The fourth-order valence-electron chi connectivity index (χ4n) is 2.30. The number of hydrogen-bond donors (Lipinski definition) is 2. The van der Waals surface area contributed by atoms with E-state index in [1.165, 1.54) is 6.07 Å². The van der Waals surface area contributed by atoms with E-state index in [0.29, 0.717) is 0 Å². The second-order valence-corrected chi connectivity index (χ2v) is 6.16. The van der Waals surface area contributed by atoms with Gasteiger partial charge in [-0.05, 0) is 36.5 Å². The number of aliphatic hydroxyl groups excluding tert-OH is 1. The molecule has 0 aliphatic heterocycles. The lowest BCUT2D eigenvalue weighted by molar-refractivity contribution is -0.124. The fourth-order valence-corrected chi connectivity index (χ4v) is 2.30. The van der Waals surface area contributed by atoms with E-state index in [0.717, 1.165) is 18.6 Å². The van der Waals surface area contributed by atoms with Crippen molar-refractivity contribution in [1.29, 1.82) is 0 Å². The van der Waals surface area contributed by atoms with E-state index in [1.807, 2.05) is 13.8 Å². The molecule has 1 aliphatic carbocycles. The van der Waals surface area contributed by atoms with Crippen molar-refractivity contribution in [3.8, 4) is 0 Å². The summed E-state index contributed by atoms with van der Waals surface area (Å²) in [5.41, 5.74) is 0.253. The van der Waals surface area contributed by atoms with Crippen molar-refractivity contribution >= 4 is 5.91 Å². The van der Waals surface area contributed by atoms with Crippen LogP contribution in [0.5, 0.6) is 0 Å². The van der Waals surface area contributed by atoms with Gasteiger partial charge in [0.2, 0.25) is 5.91 Å². The summed E-state index contributed by atoms with van der Waals surface area (Å²) in [6.07, 6.45) is -0.247. The Morgan fingerprint density at radius 2 is 2.00 bits per heavy atom. The standard InChI is InChI=1S/C15H19F2NO2/c1-8(18-14(20)10-7-15(10,2)3)13(19)9-4-5-11(16)12(17)6-9/h4-6,8,10,13,19H,7H2,1-3H3,(H,18,20). The quantitative estimate of drug-likeness (QED) is 0.892. The van der Waals surface area contributed by atoms with E-state index in [2.05, 4.69) is 5.32 Å². The van der Waals surface area contributed by atoms with Gasteiger partial charge in [0.05, 0.1) is 12.1 Å². The highest BCUT2D eigenvalue weighted by Crippen LogP contribution is 2.51. The van der Waals surface area contributed by atoms with Gasteiger partial charge >= 0.3 is 0 Å². The number of hydrogen-bond acceptors (Lipinski definition) is 2. The molecule has 0 spiro atoms. The maximum atomic E-state index is 13.1. The third-order valence-corrected chi connectivity index (χ3v) is 3.96. The Morgan fingerprint density at radius 3 is 2.50 bits per heavy atom. The number of carbonyl (C=O) groups is 1. The van der Waals surface area contributed by atoms with Crippen LogP contribution in [0.25, 0.3) is 0 Å². The van der Waals surface area contributed by atoms with Crippen molar-refractivity contribution in [3.05, 3.63) is 35.4 Å². The van der Waals surface area contributed by atoms with E-state index in [1.54, 1.807) is 6.92 Å². The number of halogens is 2. The van der Waals surface area contributed by atoms with Crippen LogP contribution in [0.2, 0.25) is 0 Å². The second-order valence-electron chi connectivity index (χ2n) is 6.16. The summed E-state index contributed by atoms with van der Waals surface area (Å²) in [6, 6.07) is 2.66. The van der Waals surface area contributed by atoms with E-state index >= 15 is 0 Å². The zero-order valence-corrected chi connectivity index (χ0v) is 11.8. The lowest BCUT2D eigenvalue weighted by Crippen LogP contribution is -2.38. The molecule has 0 saturated heterocycles. The van der Waals surface area contributed by atoms with Crippen LogP contribution in [0.1, 0.15) is 38.9 Å². The van der Waals surface area contributed by atoms with E-state index in [-0.39, 0.29) is 22.8 Å². The number of nitrogens with one attached hydrogen (secondary N) is 1. The van der Waals surface area contributed by atoms with Gasteiger partial charge in [0.1, 0.15) is 0 Å². The van der Waals surface area contributed by atoms with E-state index in [9.17, 15) is 18.7 Å². The van der Waals surface area contributed by atoms with Gasteiger partial charge in [-0.15, -0.1) is 0 Å². The molecule has 0 bridgehead atoms. The summed E-state index contributed by atoms with van der Waals surface area (Å²) in [4.78, 5) is 11.9. The van der Waals surface area contributed by atoms with Gasteiger partial charge < -0.3 is 10.4 Å². The van der Waals surface area contributed by atoms with Gasteiger partial charge in [-0.3, -0.25) is 4.79 Å². The van der Waals surface area contributed by atoms with Gasteiger partial charge in [0, 0.05) is 5.92 Å². The van der Waals surface area contributed by atoms with Crippen LogP contribution in [0.3, 0.4) is 0 Å². The molecule has 1 saturated carbocycles. The highest BCUT2D eigenvalue weighted by Gasteiger charge is 2.50. The molecule has 2 rings (SSSR count). The third kappa shape index (κ3) is 2.98. The Kier molecular flexibility index (Phi) is 3.82. The predicted octanol–water partition coefficient (Wildman–Crippen LogP) is 2.55. The molecular weight excluding hydrogens is 264 g/mol. The van der Waals surface area contributed by atoms with Crippen molar-refractivity contribution in [2.75, 3.05) is 0 Å². The first kappa shape index (κ1) is 14.9. The first-order chi connectivity index (χ1) is 9.22. The minimum absolute atomic E-state index is 0.0107. The minimum atomic E-state index is -1.07. The zero-order chi connectivity index (χ0) is 15.1. The molecule has 5 heteroatoms. The maximum Gasteiger partial charge on any atom is 0.223 e. The van der Waals surface area contributed by atoms with Crippen molar-refractivity contribution in [2.24, 2.45) is 11.3 Å². The van der Waals surface area contributed by atoms with Gasteiger partial charge in [0.15, 0.2) is 11.6 Å². The molecule has 0 radical (unpaired) electrons. The number of benzene rings is 1. The average Bonchev–Trinajstić information content (AvgIpc) is 3.01. The molecule has 2 N–H and O–H groups in total. The topological polar surface area (TPSA) is 49.3 Å². The fraction of sp³-hybridized carbons (Fsp3) is 0.533. The lowest BCUT2D eigenvalue weighted by atomic mass is 10.0. The van der Waals surface area contributed by atoms with E-state index in [4.69, 9.17) is 0 Å². The summed E-state index contributed by atoms with van der Waals surface area (Å²) >= 11 is 0. The van der Waals surface area contributed by atoms with Gasteiger partial charge in [0.25, 0.3) is 0 Å². The molecule has 110 valence electrons. The van der Waals surface area contributed by atoms with Crippen LogP contribution in [0, 0.1) is 23.0 Å². The maximum absolute atomic E-state index is 13.1. The summed E-state index contributed by atoms with van der Waals surface area (Å²) in [5.74, 6) is -2.12. The summed E-state index contributed by atoms with van der Waals surface area (Å²) in [5, 5.41) is 12.8. The Morgan fingerprint density at radius 1 is 1.40 bits per heavy atom. The van der Waals surface area contributed by atoms with Gasteiger partial charge in [-0.25, -0.2) is 8.78 Å². The monoisotopic (exact) mass is 283 g/mol. The molecule has 1 amide bonds. The van der Waals surface area contributed by atoms with Crippen LogP contribution < -0.4 is 5.32 Å². The van der Waals surface area contributed by atoms with Crippen LogP contribution in [-0.4, -0.2) is 17.1 Å². The molecule has 0 heterocycles. The summed E-state index contributed by atoms with van der Waals surface area (Å²) in [6.45, 7) is 5.65. The van der Waals surface area contributed by atoms with Crippen molar-refractivity contribution in [2.45, 2.75) is 39.3 Å². The number of amides is 1. The SMILES string of the molecule is CC(NC(=O)C1CC1(C)C)C(O)c1ccc(F)c(F)c1. The number of aliphatic hydroxyl groups is 1. The predicted molar refractivity (Wildman–Crippen MR) is 70.8 cm³/mol. The molecular formula is C15H19F2NO2. The highest BCUT2D eigenvalue weighted by atomic mass is 19.2. The molecule has 1 aromatic carbocycles. The Hall–Kier alpha value is -1.49. The molecule has 1 aromatic rings. The lowest BCUT2D eigenvalue weighted by Gasteiger charge is -2.21. The van der Waals surface area contributed by atoms with E-state index < -0.39 is 23.8 Å². The molecule has 0 aromatic heterocycles. The van der Waals surface area contributed by atoms with Crippen molar-refractivity contribution in [1.82, 2.24) is 5.32 Å². The largest absolute Gasteiger partial charge is 0.386 e. The first-order valence-corrected chi connectivity index (χ1v) is 6.66. The zero-order valence-electron chi connectivity index (χ0n) is 11.8. The Labute approximate surface area is 117 Å². The Balaban J connectivity index is 1.99. The molecule has 3 atom stereocenters. The normalized spacial score (nSPS) is 23.0. The van der Waals surface area contributed by atoms with Crippen LogP contribution in [0.15, 0.2) is 18.2 Å². The molecule has 20 heavy (non-hydrogen) atoms. The Bertz CT molecular complexity index is 531. The second kappa shape index (κ2) is 5.13. The first-order valence-electron chi connectivity index (χ1n) is 6.66. The number of carbonyl (C=O) groups excluding carboxylic acids is 1. The van der Waals surface area contributed by atoms with Gasteiger partial charge in [-0.2, -0.15) is 0 Å². The minimum Gasteiger partial charge on any atom is -0.386 e. The summed E-state index contributed by atoms with van der Waals surface area (Å²) in [7, 11) is 0. The van der Waals surface area contributed by atoms with Gasteiger partial charge in [-0.1, -0.05) is 19.9 Å². The molecule has 1 aliphatic rings. The molecule has 1 fully saturated rings. The van der Waals surface area contributed by atoms with Crippen molar-refractivity contribution in [3.63, 3.8) is 0 Å². The highest BCUT2D eigenvalue weighted by molar-refractivity contribution is 5.82. The summed E-state index contributed by atoms with van der Waals surface area (Å²) < 4.78 is 26.0. The van der Waals surface area contributed by atoms with Crippen LogP contribution >= 0.6 is 0 Å². The number of rotatable bonds is 4. The smallest absolute Gasteiger partial charge is 0.223 e. The molecule has 3 unspecified atom stereocenters. The molecule has 3 nitrogen and oxygen atoms in total. The third-order valence-electron chi connectivity index (χ3n) is 3.96. The van der Waals surface area contributed by atoms with Crippen molar-refractivity contribution < 1.29 is 18.7 Å².